The lowest BCUT2D eigenvalue weighted by atomic mass is 9.98. The molecule has 5 heteroatoms. The number of rotatable bonds is 6. The van der Waals surface area contributed by atoms with E-state index in [0.29, 0.717) is 18.8 Å². The Morgan fingerprint density at radius 3 is 2.62 bits per heavy atom. The highest BCUT2D eigenvalue weighted by molar-refractivity contribution is 5.77. The number of hydrogen-bond donors (Lipinski definition) is 2. The first-order chi connectivity index (χ1) is 10.0. The van der Waals surface area contributed by atoms with Gasteiger partial charge < -0.3 is 11.1 Å². The minimum atomic E-state index is -0.389. The minimum Gasteiger partial charge on any atom is -0.369 e. The van der Waals surface area contributed by atoms with Gasteiger partial charge in [0.05, 0.1) is 5.92 Å². The Morgan fingerprint density at radius 2 is 2.00 bits per heavy atom. The molecule has 1 aromatic carbocycles. The molecular weight excluding hydrogens is 269 g/mol. The summed E-state index contributed by atoms with van der Waals surface area (Å²) in [6.45, 7) is 2.29. The van der Waals surface area contributed by atoms with Crippen molar-refractivity contribution in [1.29, 1.82) is 0 Å². The first-order valence-corrected chi connectivity index (χ1v) is 6.76. The summed E-state index contributed by atoms with van der Waals surface area (Å²) in [6, 6.07) is 11.7. The maximum atomic E-state index is 12.9. The summed E-state index contributed by atoms with van der Waals surface area (Å²) >= 11 is 0. The van der Waals surface area contributed by atoms with Gasteiger partial charge in [-0.05, 0) is 43.2 Å². The smallest absolute Gasteiger partial charge is 0.222 e. The van der Waals surface area contributed by atoms with Gasteiger partial charge >= 0.3 is 0 Å². The van der Waals surface area contributed by atoms with Gasteiger partial charge in [-0.3, -0.25) is 4.79 Å². The van der Waals surface area contributed by atoms with Crippen LogP contribution in [0.25, 0.3) is 0 Å². The second kappa shape index (κ2) is 6.83. The van der Waals surface area contributed by atoms with Crippen molar-refractivity contribution >= 4 is 11.7 Å². The van der Waals surface area contributed by atoms with Crippen molar-refractivity contribution < 1.29 is 9.18 Å². The third-order valence-electron chi connectivity index (χ3n) is 3.22. The summed E-state index contributed by atoms with van der Waals surface area (Å²) in [4.78, 5) is 15.9. The number of aryl methyl sites for hydroxylation is 1. The number of hydrogen-bond acceptors (Lipinski definition) is 3. The number of primary amides is 1. The summed E-state index contributed by atoms with van der Waals surface area (Å²) < 4.78 is 12.9. The number of amides is 1. The molecule has 110 valence electrons. The van der Waals surface area contributed by atoms with Crippen LogP contribution in [0.4, 0.5) is 10.2 Å². The van der Waals surface area contributed by atoms with Crippen molar-refractivity contribution in [3.8, 4) is 0 Å². The molecule has 0 fully saturated rings. The van der Waals surface area contributed by atoms with Crippen molar-refractivity contribution in [1.82, 2.24) is 4.98 Å². The van der Waals surface area contributed by atoms with Crippen LogP contribution in [0, 0.1) is 18.7 Å². The van der Waals surface area contributed by atoms with Gasteiger partial charge in [-0.2, -0.15) is 0 Å². The van der Waals surface area contributed by atoms with Crippen molar-refractivity contribution in [2.75, 3.05) is 11.9 Å². The van der Waals surface area contributed by atoms with Crippen LogP contribution in [-0.2, 0) is 11.2 Å². The van der Waals surface area contributed by atoms with E-state index in [-0.39, 0.29) is 17.6 Å². The number of anilines is 1. The Labute approximate surface area is 123 Å². The number of carbonyl (C=O) groups is 1. The largest absolute Gasteiger partial charge is 0.369 e. The highest BCUT2D eigenvalue weighted by Gasteiger charge is 2.16. The van der Waals surface area contributed by atoms with Crippen LogP contribution < -0.4 is 11.1 Å². The average Bonchev–Trinajstić information content (AvgIpc) is 2.45. The van der Waals surface area contributed by atoms with Gasteiger partial charge in [0.15, 0.2) is 0 Å². The van der Waals surface area contributed by atoms with Crippen LogP contribution in [0.1, 0.15) is 11.3 Å². The highest BCUT2D eigenvalue weighted by Crippen LogP contribution is 2.12. The maximum absolute atomic E-state index is 12.9. The van der Waals surface area contributed by atoms with Crippen molar-refractivity contribution in [2.45, 2.75) is 13.3 Å². The molecule has 0 aliphatic carbocycles. The molecule has 0 radical (unpaired) electrons. The van der Waals surface area contributed by atoms with Crippen molar-refractivity contribution in [3.05, 3.63) is 59.5 Å². The molecule has 3 N–H and O–H groups in total. The molecule has 0 bridgehead atoms. The normalized spacial score (nSPS) is 11.9. The Kier molecular flexibility index (Phi) is 4.87. The van der Waals surface area contributed by atoms with Gasteiger partial charge in [0.1, 0.15) is 11.6 Å². The average molecular weight is 287 g/mol. The van der Waals surface area contributed by atoms with Crippen LogP contribution in [0.5, 0.6) is 0 Å². The number of aromatic nitrogens is 1. The van der Waals surface area contributed by atoms with E-state index >= 15 is 0 Å². The maximum Gasteiger partial charge on any atom is 0.222 e. The zero-order valence-corrected chi connectivity index (χ0v) is 11.8. The fourth-order valence-electron chi connectivity index (χ4n) is 2.05. The fraction of sp³-hybridized carbons (Fsp3) is 0.250. The number of benzene rings is 1. The van der Waals surface area contributed by atoms with E-state index in [4.69, 9.17) is 5.73 Å². The SMILES string of the molecule is Cc1cccc(NCC(Cc2ccc(F)cc2)C(N)=O)n1. The van der Waals surface area contributed by atoms with Crippen molar-refractivity contribution in [3.63, 3.8) is 0 Å². The lowest BCUT2D eigenvalue weighted by Crippen LogP contribution is -2.31. The first kappa shape index (κ1) is 15.0. The quantitative estimate of drug-likeness (QED) is 0.856. The molecule has 0 aliphatic heterocycles. The standard InChI is InChI=1S/C16H18FN3O/c1-11-3-2-4-15(20-11)19-10-13(16(18)21)9-12-5-7-14(17)8-6-12/h2-8,13H,9-10H2,1H3,(H2,18,21)(H,19,20). The molecule has 0 saturated carbocycles. The molecule has 4 nitrogen and oxygen atoms in total. The van der Waals surface area contributed by atoms with Gasteiger partial charge in [-0.25, -0.2) is 9.37 Å². The Hall–Kier alpha value is -2.43. The molecular formula is C16H18FN3O. The molecule has 1 heterocycles. The molecule has 2 rings (SSSR count). The number of nitrogens with two attached hydrogens (primary N) is 1. The van der Waals surface area contributed by atoms with Crippen LogP contribution in [0.2, 0.25) is 0 Å². The van der Waals surface area contributed by atoms with Gasteiger partial charge in [0.25, 0.3) is 0 Å². The molecule has 1 unspecified atom stereocenters. The topological polar surface area (TPSA) is 68.0 Å². The van der Waals surface area contributed by atoms with Gasteiger partial charge in [0.2, 0.25) is 5.91 Å². The van der Waals surface area contributed by atoms with Crippen molar-refractivity contribution in [2.24, 2.45) is 11.7 Å². The van der Waals surface area contributed by atoms with Gasteiger partial charge in [-0.1, -0.05) is 18.2 Å². The predicted octanol–water partition coefficient (Wildman–Crippen LogP) is 2.29. The molecule has 2 aromatic rings. The third-order valence-corrected chi connectivity index (χ3v) is 3.22. The third kappa shape index (κ3) is 4.56. The van der Waals surface area contributed by atoms with Crippen LogP contribution in [-0.4, -0.2) is 17.4 Å². The number of pyridine rings is 1. The number of nitrogens with one attached hydrogen (secondary N) is 1. The molecule has 21 heavy (non-hydrogen) atoms. The second-order valence-corrected chi connectivity index (χ2v) is 4.97. The predicted molar refractivity (Wildman–Crippen MR) is 80.3 cm³/mol. The highest BCUT2D eigenvalue weighted by atomic mass is 19.1. The van der Waals surface area contributed by atoms with Crippen LogP contribution in [0.15, 0.2) is 42.5 Å². The van der Waals surface area contributed by atoms with E-state index in [1.807, 2.05) is 25.1 Å². The summed E-state index contributed by atoms with van der Waals surface area (Å²) in [6.07, 6.45) is 0.467. The van der Waals surface area contributed by atoms with E-state index in [1.165, 1.54) is 12.1 Å². The molecule has 1 amide bonds. The van der Waals surface area contributed by atoms with Gasteiger partial charge in [0, 0.05) is 12.2 Å². The van der Waals surface area contributed by atoms with Gasteiger partial charge in [-0.15, -0.1) is 0 Å². The molecule has 1 aromatic heterocycles. The van der Waals surface area contributed by atoms with E-state index in [9.17, 15) is 9.18 Å². The summed E-state index contributed by atoms with van der Waals surface area (Å²) in [5, 5.41) is 3.11. The Morgan fingerprint density at radius 1 is 1.29 bits per heavy atom. The second-order valence-electron chi connectivity index (χ2n) is 4.97. The van der Waals surface area contributed by atoms with E-state index in [0.717, 1.165) is 11.3 Å². The first-order valence-electron chi connectivity index (χ1n) is 6.76. The lowest BCUT2D eigenvalue weighted by Gasteiger charge is -2.15. The summed E-state index contributed by atoms with van der Waals surface area (Å²) in [5.41, 5.74) is 7.21. The van der Waals surface area contributed by atoms with E-state index < -0.39 is 0 Å². The minimum absolute atomic E-state index is 0.295. The molecule has 1 atom stereocenters. The molecule has 0 spiro atoms. The van der Waals surface area contributed by atoms with Crippen LogP contribution in [0.3, 0.4) is 0 Å². The Bertz CT molecular complexity index is 613. The van der Waals surface area contributed by atoms with E-state index in [2.05, 4.69) is 10.3 Å². The molecule has 0 aliphatic rings. The number of halogens is 1. The Balaban J connectivity index is 1.99. The summed E-state index contributed by atoms with van der Waals surface area (Å²) in [7, 11) is 0. The number of nitrogens with zero attached hydrogens (tertiary/aromatic N) is 1. The van der Waals surface area contributed by atoms with E-state index in [1.54, 1.807) is 12.1 Å². The fourth-order valence-corrected chi connectivity index (χ4v) is 2.05. The number of carbonyl (C=O) groups excluding carboxylic acids is 1. The summed E-state index contributed by atoms with van der Waals surface area (Å²) in [5.74, 6) is -0.353. The van der Waals surface area contributed by atoms with Crippen LogP contribution >= 0.6 is 0 Å². The lowest BCUT2D eigenvalue weighted by molar-refractivity contribution is -0.121. The monoisotopic (exact) mass is 287 g/mol. The zero-order chi connectivity index (χ0) is 15.2. The zero-order valence-electron chi connectivity index (χ0n) is 11.8. The molecule has 0 saturated heterocycles.